The third-order valence-corrected chi connectivity index (χ3v) is 4.34. The van der Waals surface area contributed by atoms with Crippen LogP contribution in [0.15, 0.2) is 23.2 Å². The summed E-state index contributed by atoms with van der Waals surface area (Å²) in [6.45, 7) is -1.80. The third-order valence-electron chi connectivity index (χ3n) is 4.34. The third kappa shape index (κ3) is 5.20. The second-order valence-corrected chi connectivity index (χ2v) is 6.47. The molecule has 0 amide bonds. The van der Waals surface area contributed by atoms with Gasteiger partial charge in [-0.15, -0.1) is 0 Å². The van der Waals surface area contributed by atoms with Crippen molar-refractivity contribution < 1.29 is 35.8 Å². The van der Waals surface area contributed by atoms with Crippen LogP contribution in [0.25, 0.3) is 0 Å². The minimum absolute atomic E-state index is 0.0864. The second-order valence-electron chi connectivity index (χ2n) is 6.47. The van der Waals surface area contributed by atoms with Crippen molar-refractivity contribution in [1.29, 1.82) is 0 Å². The van der Waals surface area contributed by atoms with Crippen LogP contribution in [0.4, 0.5) is 26.3 Å². The quantitative estimate of drug-likeness (QED) is 0.701. The Hall–Kier alpha value is -2.13. The molecule has 27 heavy (non-hydrogen) atoms. The maximum absolute atomic E-state index is 12.5. The highest BCUT2D eigenvalue weighted by Gasteiger charge is 2.34. The lowest BCUT2D eigenvalue weighted by Gasteiger charge is -2.32. The molecule has 0 bridgehead atoms. The number of fused-ring (bicyclic) bond motifs is 1. The molecule has 2 heterocycles. The zero-order valence-electron chi connectivity index (χ0n) is 14.2. The van der Waals surface area contributed by atoms with Gasteiger partial charge in [-0.3, -0.25) is 4.99 Å². The summed E-state index contributed by atoms with van der Waals surface area (Å²) in [6, 6.07) is 3.76. The van der Waals surface area contributed by atoms with Crippen molar-refractivity contribution in [3.8, 4) is 11.5 Å². The maximum atomic E-state index is 12.5. The first-order valence-corrected chi connectivity index (χ1v) is 8.47. The van der Waals surface area contributed by atoms with Crippen LogP contribution in [0.3, 0.4) is 0 Å². The molecule has 2 aliphatic rings. The average Bonchev–Trinajstić information content (AvgIpc) is 3.01. The van der Waals surface area contributed by atoms with Crippen molar-refractivity contribution in [2.24, 2.45) is 4.99 Å². The fraction of sp³-hybridized carbons (Fsp3) is 0.588. The average molecular weight is 396 g/mol. The molecular formula is C17H18F6N2O2. The molecule has 10 heteroatoms. The highest BCUT2D eigenvalue weighted by molar-refractivity contribution is 6.02. The van der Waals surface area contributed by atoms with Gasteiger partial charge in [-0.1, -0.05) is 0 Å². The Bertz CT molecular complexity index is 702. The number of rotatable bonds is 5. The molecule has 1 unspecified atom stereocenters. The monoisotopic (exact) mass is 396 g/mol. The fourth-order valence-corrected chi connectivity index (χ4v) is 3.22. The highest BCUT2D eigenvalue weighted by atomic mass is 19.4. The summed E-state index contributed by atoms with van der Waals surface area (Å²) in [7, 11) is 0. The molecule has 0 spiro atoms. The molecule has 1 atom stereocenters. The van der Waals surface area contributed by atoms with E-state index in [-0.39, 0.29) is 23.1 Å². The van der Waals surface area contributed by atoms with E-state index in [1.54, 1.807) is 0 Å². The molecular weight excluding hydrogens is 378 g/mol. The standard InChI is InChI=1S/C17H18F6N2O2/c18-16(19,20)9-26-12-4-5-14(27-10-17(21,22)23)13(7-12)15-24-8-11-3-1-2-6-25(11)15/h4-5,7,11H,1-3,6,8-10H2. The van der Waals surface area contributed by atoms with Gasteiger partial charge in [0.25, 0.3) is 0 Å². The van der Waals surface area contributed by atoms with Gasteiger partial charge in [0.15, 0.2) is 13.2 Å². The van der Waals surface area contributed by atoms with Gasteiger partial charge in [-0.05, 0) is 37.5 Å². The first-order valence-electron chi connectivity index (χ1n) is 8.47. The Kier molecular flexibility index (Phi) is 5.43. The van der Waals surface area contributed by atoms with Crippen LogP contribution < -0.4 is 9.47 Å². The predicted molar refractivity (Wildman–Crippen MR) is 85.3 cm³/mol. The van der Waals surface area contributed by atoms with Crippen molar-refractivity contribution in [2.45, 2.75) is 37.7 Å². The smallest absolute Gasteiger partial charge is 0.422 e. The largest absolute Gasteiger partial charge is 0.484 e. The van der Waals surface area contributed by atoms with Gasteiger partial charge < -0.3 is 14.4 Å². The number of halogens is 6. The topological polar surface area (TPSA) is 34.1 Å². The van der Waals surface area contributed by atoms with Gasteiger partial charge in [0.05, 0.1) is 18.2 Å². The van der Waals surface area contributed by atoms with Crippen LogP contribution in [-0.2, 0) is 0 Å². The molecule has 0 aliphatic carbocycles. The Morgan fingerprint density at radius 1 is 1.00 bits per heavy atom. The van der Waals surface area contributed by atoms with Crippen molar-refractivity contribution in [1.82, 2.24) is 4.90 Å². The van der Waals surface area contributed by atoms with Crippen LogP contribution in [-0.4, -0.2) is 55.4 Å². The number of aliphatic imine (C=N–C) groups is 1. The fourth-order valence-electron chi connectivity index (χ4n) is 3.22. The molecule has 2 aliphatic heterocycles. The van der Waals surface area contributed by atoms with E-state index in [0.29, 0.717) is 18.9 Å². The minimum Gasteiger partial charge on any atom is -0.484 e. The number of piperidine rings is 1. The van der Waals surface area contributed by atoms with Gasteiger partial charge in [0, 0.05) is 6.54 Å². The van der Waals surface area contributed by atoms with E-state index in [9.17, 15) is 26.3 Å². The van der Waals surface area contributed by atoms with Gasteiger partial charge in [0.1, 0.15) is 17.3 Å². The van der Waals surface area contributed by atoms with Crippen LogP contribution in [0.2, 0.25) is 0 Å². The molecule has 3 rings (SSSR count). The predicted octanol–water partition coefficient (Wildman–Crippen LogP) is 4.18. The first-order chi connectivity index (χ1) is 12.6. The number of amidine groups is 1. The number of ether oxygens (including phenoxy) is 2. The first kappa shape index (κ1) is 19.6. The van der Waals surface area contributed by atoms with Crippen molar-refractivity contribution >= 4 is 5.84 Å². The Balaban J connectivity index is 1.87. The van der Waals surface area contributed by atoms with Crippen LogP contribution in [0.1, 0.15) is 24.8 Å². The zero-order valence-corrected chi connectivity index (χ0v) is 14.2. The van der Waals surface area contributed by atoms with E-state index in [0.717, 1.165) is 25.3 Å². The Morgan fingerprint density at radius 2 is 1.70 bits per heavy atom. The van der Waals surface area contributed by atoms with Crippen molar-refractivity contribution in [2.75, 3.05) is 26.3 Å². The molecule has 1 aromatic carbocycles. The molecule has 0 radical (unpaired) electrons. The van der Waals surface area contributed by atoms with E-state index in [1.165, 1.54) is 12.1 Å². The number of alkyl halides is 6. The van der Waals surface area contributed by atoms with E-state index in [2.05, 4.69) is 4.99 Å². The van der Waals surface area contributed by atoms with Gasteiger partial charge in [-0.2, -0.15) is 26.3 Å². The van der Waals surface area contributed by atoms with Gasteiger partial charge in [0.2, 0.25) is 0 Å². The molecule has 150 valence electrons. The summed E-state index contributed by atoms with van der Waals surface area (Å²) >= 11 is 0. The molecule has 1 fully saturated rings. The summed E-state index contributed by atoms with van der Waals surface area (Å²) in [5.41, 5.74) is 0.211. The molecule has 4 nitrogen and oxygen atoms in total. The summed E-state index contributed by atoms with van der Waals surface area (Å²) in [6.07, 6.45) is -6.19. The minimum atomic E-state index is -4.53. The van der Waals surface area contributed by atoms with Crippen molar-refractivity contribution in [3.63, 3.8) is 0 Å². The van der Waals surface area contributed by atoms with E-state index in [4.69, 9.17) is 9.47 Å². The highest BCUT2D eigenvalue weighted by Crippen LogP contribution is 2.33. The Labute approximate surface area is 151 Å². The van der Waals surface area contributed by atoms with E-state index in [1.807, 2.05) is 4.90 Å². The SMILES string of the molecule is FC(F)(F)COc1ccc(OCC(F)(F)F)c(C2=NCC3CCCCN23)c1. The molecule has 0 saturated carbocycles. The normalized spacial score (nSPS) is 20.3. The summed E-state index contributed by atoms with van der Waals surface area (Å²) in [4.78, 5) is 6.39. The number of nitrogens with zero attached hydrogens (tertiary/aromatic N) is 2. The maximum Gasteiger partial charge on any atom is 0.422 e. The summed E-state index contributed by atoms with van der Waals surface area (Å²) < 4.78 is 84.4. The number of hydrogen-bond acceptors (Lipinski definition) is 4. The molecule has 0 N–H and O–H groups in total. The van der Waals surface area contributed by atoms with E-state index >= 15 is 0 Å². The second kappa shape index (κ2) is 7.47. The molecule has 1 saturated heterocycles. The Morgan fingerprint density at radius 3 is 2.41 bits per heavy atom. The molecule has 0 aromatic heterocycles. The zero-order chi connectivity index (χ0) is 19.7. The van der Waals surface area contributed by atoms with Crippen LogP contribution in [0, 0.1) is 0 Å². The lowest BCUT2D eigenvalue weighted by Crippen LogP contribution is -2.40. The van der Waals surface area contributed by atoms with Crippen molar-refractivity contribution in [3.05, 3.63) is 23.8 Å². The van der Waals surface area contributed by atoms with Crippen LogP contribution in [0.5, 0.6) is 11.5 Å². The summed E-state index contributed by atoms with van der Waals surface area (Å²) in [5, 5.41) is 0. The van der Waals surface area contributed by atoms with E-state index < -0.39 is 25.6 Å². The van der Waals surface area contributed by atoms with Crippen LogP contribution >= 0.6 is 0 Å². The summed E-state index contributed by atoms with van der Waals surface area (Å²) in [5.74, 6) is 0.246. The molecule has 1 aromatic rings. The van der Waals surface area contributed by atoms with Gasteiger partial charge in [-0.25, -0.2) is 0 Å². The number of hydrogen-bond donors (Lipinski definition) is 0. The number of benzene rings is 1. The lowest BCUT2D eigenvalue weighted by atomic mass is 10.0. The lowest BCUT2D eigenvalue weighted by molar-refractivity contribution is -0.154. The van der Waals surface area contributed by atoms with Gasteiger partial charge >= 0.3 is 12.4 Å².